The highest BCUT2D eigenvalue weighted by molar-refractivity contribution is 9.10. The van der Waals surface area contributed by atoms with Crippen molar-refractivity contribution in [3.63, 3.8) is 0 Å². The molecule has 1 rings (SSSR count). The van der Waals surface area contributed by atoms with Gasteiger partial charge in [0.2, 0.25) is 5.91 Å². The van der Waals surface area contributed by atoms with E-state index in [0.717, 1.165) is 23.0 Å². The molecule has 4 nitrogen and oxygen atoms in total. The molecule has 3 N–H and O–H groups in total. The van der Waals surface area contributed by atoms with Gasteiger partial charge >= 0.3 is 0 Å². The van der Waals surface area contributed by atoms with Crippen molar-refractivity contribution in [3.05, 3.63) is 34.3 Å². The van der Waals surface area contributed by atoms with Crippen molar-refractivity contribution >= 4 is 21.8 Å². The Balaban J connectivity index is 3.04. The van der Waals surface area contributed by atoms with Crippen LogP contribution in [-0.4, -0.2) is 37.0 Å². The van der Waals surface area contributed by atoms with Crippen LogP contribution in [0.4, 0.5) is 0 Å². The van der Waals surface area contributed by atoms with Gasteiger partial charge in [-0.2, -0.15) is 0 Å². The first-order chi connectivity index (χ1) is 9.49. The summed E-state index contributed by atoms with van der Waals surface area (Å²) in [5.74, 6) is 0.0131. The molecule has 0 saturated heterocycles. The Labute approximate surface area is 129 Å². The summed E-state index contributed by atoms with van der Waals surface area (Å²) in [4.78, 5) is 13.9. The van der Waals surface area contributed by atoms with Crippen LogP contribution in [0, 0.1) is 0 Å². The lowest BCUT2D eigenvalue weighted by molar-refractivity contribution is -0.122. The van der Waals surface area contributed by atoms with Crippen LogP contribution in [0.5, 0.6) is 0 Å². The van der Waals surface area contributed by atoms with Crippen molar-refractivity contribution in [1.29, 1.82) is 0 Å². The summed E-state index contributed by atoms with van der Waals surface area (Å²) in [5, 5.41) is 2.68. The van der Waals surface area contributed by atoms with E-state index in [2.05, 4.69) is 45.2 Å². The van der Waals surface area contributed by atoms with Gasteiger partial charge in [-0.1, -0.05) is 35.0 Å². The molecule has 0 radical (unpaired) electrons. The van der Waals surface area contributed by atoms with Gasteiger partial charge in [-0.25, -0.2) is 0 Å². The molecule has 0 bridgehead atoms. The monoisotopic (exact) mass is 341 g/mol. The van der Waals surface area contributed by atoms with Gasteiger partial charge in [-0.15, -0.1) is 0 Å². The minimum Gasteiger partial charge on any atom is -0.358 e. The van der Waals surface area contributed by atoms with E-state index in [-0.39, 0.29) is 18.0 Å². The Hall–Kier alpha value is -0.910. The minimum atomic E-state index is -0.0551. The maximum atomic E-state index is 11.7. The van der Waals surface area contributed by atoms with Gasteiger partial charge in [0, 0.05) is 17.6 Å². The van der Waals surface area contributed by atoms with Crippen LogP contribution >= 0.6 is 15.9 Å². The molecule has 0 aliphatic rings. The van der Waals surface area contributed by atoms with Gasteiger partial charge in [0.25, 0.3) is 0 Å². The van der Waals surface area contributed by atoms with Gasteiger partial charge in [0.05, 0.1) is 12.6 Å². The molecule has 1 aromatic rings. The molecule has 1 aromatic carbocycles. The summed E-state index contributed by atoms with van der Waals surface area (Å²) in [6.45, 7) is 5.29. The Morgan fingerprint density at radius 2 is 2.20 bits per heavy atom. The fourth-order valence-corrected chi connectivity index (χ4v) is 2.82. The highest BCUT2D eigenvalue weighted by atomic mass is 79.9. The number of nitrogens with two attached hydrogens (primary N) is 1. The van der Waals surface area contributed by atoms with Gasteiger partial charge < -0.3 is 11.1 Å². The first-order valence-electron chi connectivity index (χ1n) is 6.95. The molecule has 5 heteroatoms. The van der Waals surface area contributed by atoms with E-state index in [0.29, 0.717) is 6.54 Å². The molecule has 2 atom stereocenters. The number of carbonyl (C=O) groups excluding carboxylic acids is 1. The summed E-state index contributed by atoms with van der Waals surface area (Å²) in [6, 6.07) is 8.10. The summed E-state index contributed by atoms with van der Waals surface area (Å²) in [6.07, 6.45) is 0.980. The first-order valence-corrected chi connectivity index (χ1v) is 7.74. The van der Waals surface area contributed by atoms with Crippen molar-refractivity contribution in [2.75, 3.05) is 20.1 Å². The lowest BCUT2D eigenvalue weighted by atomic mass is 9.99. The van der Waals surface area contributed by atoms with E-state index in [4.69, 9.17) is 5.73 Å². The zero-order chi connectivity index (χ0) is 15.1. The number of hydrogen-bond donors (Lipinski definition) is 2. The molecular formula is C15H24BrN3O. The number of nitrogens with zero attached hydrogens (tertiary/aromatic N) is 1. The molecule has 1 amide bonds. The SMILES string of the molecule is CCCN(CC(=O)NC)C(c1cccc(Br)c1)C(C)N. The van der Waals surface area contributed by atoms with Gasteiger partial charge in [-0.3, -0.25) is 9.69 Å². The quantitative estimate of drug-likeness (QED) is 0.799. The van der Waals surface area contributed by atoms with Crippen LogP contribution in [0.3, 0.4) is 0 Å². The van der Waals surface area contributed by atoms with Crippen LogP contribution < -0.4 is 11.1 Å². The smallest absolute Gasteiger partial charge is 0.233 e. The normalized spacial score (nSPS) is 14.1. The second-order valence-corrected chi connectivity index (χ2v) is 5.92. The van der Waals surface area contributed by atoms with E-state index in [9.17, 15) is 4.79 Å². The molecule has 0 saturated carbocycles. The number of benzene rings is 1. The Bertz CT molecular complexity index is 437. The van der Waals surface area contributed by atoms with E-state index in [1.165, 1.54) is 0 Å². The molecule has 0 fully saturated rings. The lowest BCUT2D eigenvalue weighted by Crippen LogP contribution is -2.44. The molecule has 0 aliphatic heterocycles. The average molecular weight is 342 g/mol. The molecule has 0 aromatic heterocycles. The summed E-state index contributed by atoms with van der Waals surface area (Å²) in [7, 11) is 1.66. The molecule has 0 spiro atoms. The Morgan fingerprint density at radius 3 is 2.70 bits per heavy atom. The maximum Gasteiger partial charge on any atom is 0.233 e. The lowest BCUT2D eigenvalue weighted by Gasteiger charge is -2.34. The van der Waals surface area contributed by atoms with E-state index in [1.807, 2.05) is 19.1 Å². The van der Waals surface area contributed by atoms with Crippen LogP contribution in [0.1, 0.15) is 31.9 Å². The third-order valence-electron chi connectivity index (χ3n) is 3.22. The first kappa shape index (κ1) is 17.1. The second-order valence-electron chi connectivity index (χ2n) is 5.00. The van der Waals surface area contributed by atoms with E-state index < -0.39 is 0 Å². The molecule has 112 valence electrons. The van der Waals surface area contributed by atoms with Crippen molar-refractivity contribution in [2.24, 2.45) is 5.73 Å². The third kappa shape index (κ3) is 4.89. The van der Waals surface area contributed by atoms with Crippen molar-refractivity contribution < 1.29 is 4.79 Å². The highest BCUT2D eigenvalue weighted by Crippen LogP contribution is 2.26. The number of carbonyl (C=O) groups is 1. The van der Waals surface area contributed by atoms with E-state index >= 15 is 0 Å². The minimum absolute atomic E-state index is 0.0131. The van der Waals surface area contributed by atoms with Gasteiger partial charge in [0.15, 0.2) is 0 Å². The number of likely N-dealkylation sites (N-methyl/N-ethyl adjacent to an activating group) is 1. The number of amides is 1. The van der Waals surface area contributed by atoms with Crippen LogP contribution in [0.25, 0.3) is 0 Å². The number of nitrogens with one attached hydrogen (secondary N) is 1. The van der Waals surface area contributed by atoms with Crippen molar-refractivity contribution in [3.8, 4) is 0 Å². The van der Waals surface area contributed by atoms with Crippen molar-refractivity contribution in [2.45, 2.75) is 32.4 Å². The van der Waals surface area contributed by atoms with E-state index in [1.54, 1.807) is 7.05 Å². The molecule has 2 unspecified atom stereocenters. The summed E-state index contributed by atoms with van der Waals surface area (Å²) >= 11 is 3.49. The van der Waals surface area contributed by atoms with Gasteiger partial charge in [-0.05, 0) is 37.6 Å². The zero-order valence-corrected chi connectivity index (χ0v) is 14.0. The molecule has 0 heterocycles. The molecular weight excluding hydrogens is 318 g/mol. The Kier molecular flexibility index (Phi) is 7.19. The number of halogens is 1. The fourth-order valence-electron chi connectivity index (χ4n) is 2.40. The van der Waals surface area contributed by atoms with Crippen LogP contribution in [-0.2, 0) is 4.79 Å². The van der Waals surface area contributed by atoms with Crippen LogP contribution in [0.2, 0.25) is 0 Å². The summed E-state index contributed by atoms with van der Waals surface area (Å²) in [5.41, 5.74) is 7.31. The Morgan fingerprint density at radius 1 is 1.50 bits per heavy atom. The van der Waals surface area contributed by atoms with Gasteiger partial charge in [0.1, 0.15) is 0 Å². The van der Waals surface area contributed by atoms with Crippen LogP contribution in [0.15, 0.2) is 28.7 Å². The molecule has 20 heavy (non-hydrogen) atoms. The maximum absolute atomic E-state index is 11.7. The predicted octanol–water partition coefficient (Wildman–Crippen LogP) is 2.30. The fraction of sp³-hybridized carbons (Fsp3) is 0.533. The second kappa shape index (κ2) is 8.39. The van der Waals surface area contributed by atoms with Crippen molar-refractivity contribution in [1.82, 2.24) is 10.2 Å². The average Bonchev–Trinajstić information content (AvgIpc) is 2.38. The standard InChI is InChI=1S/C15H24BrN3O/c1-4-8-19(10-14(20)18-3)15(11(2)17)12-6-5-7-13(16)9-12/h5-7,9,11,15H,4,8,10,17H2,1-3H3,(H,18,20). The third-order valence-corrected chi connectivity index (χ3v) is 3.71. The highest BCUT2D eigenvalue weighted by Gasteiger charge is 2.25. The number of hydrogen-bond acceptors (Lipinski definition) is 3. The topological polar surface area (TPSA) is 58.4 Å². The molecule has 0 aliphatic carbocycles. The zero-order valence-electron chi connectivity index (χ0n) is 12.4. The number of rotatable bonds is 7. The largest absolute Gasteiger partial charge is 0.358 e. The summed E-state index contributed by atoms with van der Waals surface area (Å²) < 4.78 is 1.03. The predicted molar refractivity (Wildman–Crippen MR) is 86.5 cm³/mol.